The number of halogens is 6. The maximum absolute atomic E-state index is 12.7. The van der Waals surface area contributed by atoms with Gasteiger partial charge in [-0.25, -0.2) is 0 Å². The highest BCUT2D eigenvalue weighted by Crippen LogP contribution is 2.38. The van der Waals surface area contributed by atoms with Crippen LogP contribution in [0.3, 0.4) is 0 Å². The van der Waals surface area contributed by atoms with Crippen LogP contribution in [0.15, 0.2) is 42.5 Å². The van der Waals surface area contributed by atoms with E-state index < -0.39 is 23.5 Å². The molecule has 0 spiro atoms. The SMILES string of the molecule is FC(F)(F)c1cc(-c2[c]cccc2)cc(C(F)(F)F)c1. The minimum atomic E-state index is -4.84. The Kier molecular flexibility index (Phi) is 3.50. The van der Waals surface area contributed by atoms with E-state index >= 15 is 0 Å². The van der Waals surface area contributed by atoms with Crippen molar-refractivity contribution in [3.05, 3.63) is 59.7 Å². The van der Waals surface area contributed by atoms with Crippen molar-refractivity contribution in [3.8, 4) is 11.1 Å². The Hall–Kier alpha value is -1.98. The summed E-state index contributed by atoms with van der Waals surface area (Å²) in [5, 5.41) is 0. The summed E-state index contributed by atoms with van der Waals surface area (Å²) in [6.45, 7) is 0. The molecule has 20 heavy (non-hydrogen) atoms. The standard InChI is InChI=1S/C14H7F6/c15-13(16,17)11-6-10(9-4-2-1-3-5-9)7-12(8-11)14(18,19)20/h1-4,6-8H. The van der Waals surface area contributed by atoms with E-state index in [9.17, 15) is 26.3 Å². The first kappa shape index (κ1) is 14.4. The molecular weight excluding hydrogens is 282 g/mol. The maximum Gasteiger partial charge on any atom is 0.416 e. The average molecular weight is 289 g/mol. The van der Waals surface area contributed by atoms with Gasteiger partial charge in [-0.2, -0.15) is 26.3 Å². The normalized spacial score (nSPS) is 12.5. The molecule has 0 unspecified atom stereocenters. The third-order valence-electron chi connectivity index (χ3n) is 2.61. The molecule has 0 aliphatic heterocycles. The smallest absolute Gasteiger partial charge is 0.166 e. The molecule has 0 N–H and O–H groups in total. The summed E-state index contributed by atoms with van der Waals surface area (Å²) in [7, 11) is 0. The van der Waals surface area contributed by atoms with E-state index in [1.807, 2.05) is 0 Å². The second kappa shape index (κ2) is 4.85. The monoisotopic (exact) mass is 289 g/mol. The lowest BCUT2D eigenvalue weighted by molar-refractivity contribution is -0.143. The van der Waals surface area contributed by atoms with Gasteiger partial charge >= 0.3 is 12.4 Å². The molecular formula is C14H7F6. The van der Waals surface area contributed by atoms with Gasteiger partial charge in [0.1, 0.15) is 0 Å². The van der Waals surface area contributed by atoms with Crippen LogP contribution >= 0.6 is 0 Å². The van der Waals surface area contributed by atoms with E-state index in [-0.39, 0.29) is 17.2 Å². The van der Waals surface area contributed by atoms with Crippen LogP contribution in [-0.4, -0.2) is 0 Å². The van der Waals surface area contributed by atoms with Gasteiger partial charge in [0, 0.05) is 0 Å². The fourth-order valence-corrected chi connectivity index (χ4v) is 1.68. The van der Waals surface area contributed by atoms with Gasteiger partial charge in [-0.1, -0.05) is 24.3 Å². The molecule has 1 radical (unpaired) electrons. The van der Waals surface area contributed by atoms with Crippen molar-refractivity contribution < 1.29 is 26.3 Å². The van der Waals surface area contributed by atoms with Gasteiger partial charge in [-0.3, -0.25) is 0 Å². The predicted molar refractivity (Wildman–Crippen MR) is 60.7 cm³/mol. The molecule has 2 aromatic rings. The van der Waals surface area contributed by atoms with Gasteiger partial charge in [0.2, 0.25) is 0 Å². The molecule has 0 amide bonds. The molecule has 0 nitrogen and oxygen atoms in total. The van der Waals surface area contributed by atoms with Gasteiger partial charge in [0.05, 0.1) is 11.1 Å². The van der Waals surface area contributed by atoms with Gasteiger partial charge in [-0.15, -0.1) is 0 Å². The highest BCUT2D eigenvalue weighted by Gasteiger charge is 2.36. The zero-order valence-corrected chi connectivity index (χ0v) is 9.81. The molecule has 105 valence electrons. The minimum absolute atomic E-state index is 0.104. The largest absolute Gasteiger partial charge is 0.416 e. The van der Waals surface area contributed by atoms with Crippen molar-refractivity contribution in [2.24, 2.45) is 0 Å². The van der Waals surface area contributed by atoms with Crippen molar-refractivity contribution >= 4 is 0 Å². The molecule has 0 bridgehead atoms. The van der Waals surface area contributed by atoms with Crippen molar-refractivity contribution in [1.82, 2.24) is 0 Å². The molecule has 2 rings (SSSR count). The number of hydrogen-bond donors (Lipinski definition) is 0. The number of alkyl halides is 6. The van der Waals surface area contributed by atoms with Gasteiger partial charge in [-0.05, 0) is 35.4 Å². The number of rotatable bonds is 1. The van der Waals surface area contributed by atoms with Crippen LogP contribution in [0.4, 0.5) is 26.3 Å². The summed E-state index contributed by atoms with van der Waals surface area (Å²) in [4.78, 5) is 0. The van der Waals surface area contributed by atoms with Crippen LogP contribution in [0.5, 0.6) is 0 Å². The molecule has 0 saturated heterocycles. The summed E-state index contributed by atoms with van der Waals surface area (Å²) >= 11 is 0. The molecule has 0 aliphatic carbocycles. The van der Waals surface area contributed by atoms with E-state index in [4.69, 9.17) is 0 Å². The number of hydrogen-bond acceptors (Lipinski definition) is 0. The maximum atomic E-state index is 12.7. The summed E-state index contributed by atoms with van der Waals surface area (Å²) in [6.07, 6.45) is -9.68. The summed E-state index contributed by atoms with van der Waals surface area (Å²) in [6, 6.07) is 9.98. The summed E-state index contributed by atoms with van der Waals surface area (Å²) < 4.78 is 76.0. The second-order valence-electron chi connectivity index (χ2n) is 4.07. The van der Waals surface area contributed by atoms with Crippen LogP contribution in [0.1, 0.15) is 11.1 Å². The zero-order chi connectivity index (χ0) is 15.0. The quantitative estimate of drug-likeness (QED) is 0.634. The zero-order valence-electron chi connectivity index (χ0n) is 9.81. The predicted octanol–water partition coefficient (Wildman–Crippen LogP) is 5.19. The first-order valence-electron chi connectivity index (χ1n) is 5.44. The number of benzene rings is 2. The average Bonchev–Trinajstić information content (AvgIpc) is 2.37. The van der Waals surface area contributed by atoms with Gasteiger partial charge in [0.25, 0.3) is 0 Å². The first-order chi connectivity index (χ1) is 9.18. The fraction of sp³-hybridized carbons (Fsp3) is 0.143. The Labute approximate surface area is 110 Å². The highest BCUT2D eigenvalue weighted by atomic mass is 19.4. The lowest BCUT2D eigenvalue weighted by Gasteiger charge is -2.14. The first-order valence-corrected chi connectivity index (χ1v) is 5.44. The van der Waals surface area contributed by atoms with Crippen LogP contribution in [-0.2, 0) is 12.4 Å². The summed E-state index contributed by atoms with van der Waals surface area (Å²) in [5.74, 6) is 0. The van der Waals surface area contributed by atoms with Crippen molar-refractivity contribution in [1.29, 1.82) is 0 Å². The molecule has 0 atom stereocenters. The van der Waals surface area contributed by atoms with Crippen molar-refractivity contribution in [2.75, 3.05) is 0 Å². The van der Waals surface area contributed by atoms with Crippen LogP contribution in [0, 0.1) is 6.07 Å². The lowest BCUT2D eigenvalue weighted by Crippen LogP contribution is -2.11. The minimum Gasteiger partial charge on any atom is -0.166 e. The molecule has 0 heterocycles. The molecule has 0 aromatic heterocycles. The van der Waals surface area contributed by atoms with E-state index in [0.717, 1.165) is 0 Å². The van der Waals surface area contributed by atoms with Crippen LogP contribution in [0.2, 0.25) is 0 Å². The Morgan fingerprint density at radius 1 is 0.750 bits per heavy atom. The Bertz CT molecular complexity index is 563. The van der Waals surface area contributed by atoms with Crippen LogP contribution < -0.4 is 0 Å². The molecule has 6 heteroatoms. The summed E-state index contributed by atoms with van der Waals surface area (Å²) in [5.41, 5.74) is -2.67. The third kappa shape index (κ3) is 3.12. The van der Waals surface area contributed by atoms with E-state index in [2.05, 4.69) is 6.07 Å². The molecule has 0 saturated carbocycles. The van der Waals surface area contributed by atoms with E-state index in [1.165, 1.54) is 18.2 Å². The Balaban J connectivity index is 2.64. The van der Waals surface area contributed by atoms with Crippen molar-refractivity contribution in [3.63, 3.8) is 0 Å². The molecule has 2 aromatic carbocycles. The van der Waals surface area contributed by atoms with Gasteiger partial charge in [0.15, 0.2) is 0 Å². The van der Waals surface area contributed by atoms with Crippen molar-refractivity contribution in [2.45, 2.75) is 12.4 Å². The van der Waals surface area contributed by atoms with E-state index in [0.29, 0.717) is 12.1 Å². The fourth-order valence-electron chi connectivity index (χ4n) is 1.68. The molecule has 0 aliphatic rings. The topological polar surface area (TPSA) is 0 Å². The van der Waals surface area contributed by atoms with E-state index in [1.54, 1.807) is 6.07 Å². The van der Waals surface area contributed by atoms with Crippen LogP contribution in [0.25, 0.3) is 11.1 Å². The lowest BCUT2D eigenvalue weighted by atomic mass is 9.99. The molecule has 0 fully saturated rings. The third-order valence-corrected chi connectivity index (χ3v) is 2.61. The Morgan fingerprint density at radius 2 is 1.30 bits per heavy atom. The highest BCUT2D eigenvalue weighted by molar-refractivity contribution is 5.65. The van der Waals surface area contributed by atoms with Gasteiger partial charge < -0.3 is 0 Å². The Morgan fingerprint density at radius 3 is 1.70 bits per heavy atom. The second-order valence-corrected chi connectivity index (χ2v) is 4.07.